The smallest absolute Gasteiger partial charge is 0.416 e. The molecule has 25 heavy (non-hydrogen) atoms. The van der Waals surface area contributed by atoms with E-state index in [1.54, 1.807) is 17.8 Å². The highest BCUT2D eigenvalue weighted by atomic mass is 32.2. The minimum Gasteiger partial charge on any atom is -0.480 e. The van der Waals surface area contributed by atoms with Crippen molar-refractivity contribution >= 4 is 23.6 Å². The van der Waals surface area contributed by atoms with Crippen LogP contribution in [0.15, 0.2) is 24.3 Å². The summed E-state index contributed by atoms with van der Waals surface area (Å²) in [6.07, 6.45) is -2.86. The lowest BCUT2D eigenvalue weighted by Gasteiger charge is -2.33. The van der Waals surface area contributed by atoms with E-state index in [4.69, 9.17) is 0 Å². The van der Waals surface area contributed by atoms with E-state index in [1.165, 1.54) is 6.07 Å². The summed E-state index contributed by atoms with van der Waals surface area (Å²) in [5.74, 6) is -0.0477. The third-order valence-corrected chi connectivity index (χ3v) is 5.24. The number of aryl methyl sites for hydroxylation is 1. The van der Waals surface area contributed by atoms with Crippen LogP contribution in [0, 0.1) is 0 Å². The normalized spacial score (nSPS) is 17.1. The third-order valence-electron chi connectivity index (χ3n) is 4.26. The number of halogens is 3. The highest BCUT2D eigenvalue weighted by molar-refractivity contribution is 7.99. The number of benzene rings is 1. The fourth-order valence-corrected chi connectivity index (χ4v) is 3.99. The zero-order valence-electron chi connectivity index (χ0n) is 13.6. The number of hydrogen-bond donors (Lipinski definition) is 2. The molecule has 0 bridgehead atoms. The summed E-state index contributed by atoms with van der Waals surface area (Å²) >= 11 is 1.65. The van der Waals surface area contributed by atoms with E-state index in [-0.39, 0.29) is 12.3 Å². The highest BCUT2D eigenvalue weighted by Crippen LogP contribution is 2.30. The van der Waals surface area contributed by atoms with E-state index >= 15 is 0 Å². The Kier molecular flexibility index (Phi) is 6.37. The first-order valence-corrected chi connectivity index (χ1v) is 9.17. The number of rotatable bonds is 6. The lowest BCUT2D eigenvalue weighted by atomic mass is 9.92. The molecule has 1 amide bonds. The minimum atomic E-state index is -4.39. The molecule has 0 unspecified atom stereocenters. The molecular weight excluding hydrogens is 355 g/mol. The summed E-state index contributed by atoms with van der Waals surface area (Å²) in [4.78, 5) is 23.6. The van der Waals surface area contributed by atoms with Crippen molar-refractivity contribution in [1.29, 1.82) is 0 Å². The van der Waals surface area contributed by atoms with E-state index in [0.29, 0.717) is 42.8 Å². The SMILES string of the molecule is O=C(CCCc1cccc(C(F)(F)F)c1)NC1(C(=O)O)CCSCC1. The van der Waals surface area contributed by atoms with Gasteiger partial charge in [-0.1, -0.05) is 18.2 Å². The molecule has 1 aromatic carbocycles. The molecule has 0 saturated carbocycles. The van der Waals surface area contributed by atoms with Gasteiger partial charge in [0.05, 0.1) is 5.56 Å². The number of carboxylic acid groups (broad SMARTS) is 1. The van der Waals surface area contributed by atoms with Crippen molar-refractivity contribution < 1.29 is 27.9 Å². The fourth-order valence-electron chi connectivity index (χ4n) is 2.80. The van der Waals surface area contributed by atoms with Gasteiger partial charge in [-0.3, -0.25) is 4.79 Å². The number of carboxylic acids is 1. The Balaban J connectivity index is 1.87. The number of amides is 1. The van der Waals surface area contributed by atoms with Crippen LogP contribution >= 0.6 is 11.8 Å². The molecule has 0 aromatic heterocycles. The first-order valence-electron chi connectivity index (χ1n) is 8.01. The maximum absolute atomic E-state index is 12.7. The zero-order valence-corrected chi connectivity index (χ0v) is 14.4. The van der Waals surface area contributed by atoms with Gasteiger partial charge in [-0.25, -0.2) is 4.79 Å². The van der Waals surface area contributed by atoms with Crippen molar-refractivity contribution in [2.75, 3.05) is 11.5 Å². The molecule has 1 heterocycles. The molecule has 8 heteroatoms. The van der Waals surface area contributed by atoms with Crippen molar-refractivity contribution in [2.45, 2.75) is 43.8 Å². The average molecular weight is 375 g/mol. The van der Waals surface area contributed by atoms with E-state index in [2.05, 4.69) is 5.32 Å². The molecular formula is C17H20F3NO3S. The van der Waals surface area contributed by atoms with Crippen LogP contribution in [-0.2, 0) is 22.2 Å². The van der Waals surface area contributed by atoms with Gasteiger partial charge >= 0.3 is 12.1 Å². The molecule has 2 rings (SSSR count). The highest BCUT2D eigenvalue weighted by Gasteiger charge is 2.41. The Morgan fingerprint density at radius 3 is 2.52 bits per heavy atom. The largest absolute Gasteiger partial charge is 0.480 e. The quantitative estimate of drug-likeness (QED) is 0.799. The molecule has 0 aliphatic carbocycles. The molecule has 1 fully saturated rings. The summed E-state index contributed by atoms with van der Waals surface area (Å²) in [5, 5.41) is 12.0. The van der Waals surface area contributed by atoms with Gasteiger partial charge < -0.3 is 10.4 Å². The van der Waals surface area contributed by atoms with Crippen LogP contribution < -0.4 is 5.32 Å². The summed E-state index contributed by atoms with van der Waals surface area (Å²) in [5.41, 5.74) is -1.41. The van der Waals surface area contributed by atoms with E-state index in [0.717, 1.165) is 12.1 Å². The molecule has 2 N–H and O–H groups in total. The van der Waals surface area contributed by atoms with E-state index < -0.39 is 23.2 Å². The average Bonchev–Trinajstić information content (AvgIpc) is 2.55. The van der Waals surface area contributed by atoms with Gasteiger partial charge in [-0.2, -0.15) is 24.9 Å². The second-order valence-corrected chi connectivity index (χ2v) is 7.32. The van der Waals surface area contributed by atoms with Crippen molar-refractivity contribution in [3.8, 4) is 0 Å². The summed E-state index contributed by atoms with van der Waals surface area (Å²) < 4.78 is 38.0. The number of thioether (sulfide) groups is 1. The van der Waals surface area contributed by atoms with Crippen LogP contribution in [0.3, 0.4) is 0 Å². The van der Waals surface area contributed by atoms with Crippen molar-refractivity contribution in [1.82, 2.24) is 5.32 Å². The Morgan fingerprint density at radius 2 is 1.92 bits per heavy atom. The molecule has 1 aliphatic rings. The molecule has 4 nitrogen and oxygen atoms in total. The Labute approximate surface area is 148 Å². The van der Waals surface area contributed by atoms with Gasteiger partial charge in [-0.05, 0) is 48.8 Å². The van der Waals surface area contributed by atoms with Crippen LogP contribution in [0.25, 0.3) is 0 Å². The summed E-state index contributed by atoms with van der Waals surface area (Å²) in [7, 11) is 0. The van der Waals surface area contributed by atoms with Gasteiger partial charge in [0.1, 0.15) is 5.54 Å². The number of carbonyl (C=O) groups is 2. The molecule has 1 aliphatic heterocycles. The summed E-state index contributed by atoms with van der Waals surface area (Å²) in [6.45, 7) is 0. The Bertz CT molecular complexity index is 628. The predicted molar refractivity (Wildman–Crippen MR) is 89.5 cm³/mol. The predicted octanol–water partition coefficient (Wildman–Crippen LogP) is 3.49. The van der Waals surface area contributed by atoms with Crippen LogP contribution in [-0.4, -0.2) is 34.0 Å². The summed E-state index contributed by atoms with van der Waals surface area (Å²) in [6, 6.07) is 5.02. The fraction of sp³-hybridized carbons (Fsp3) is 0.529. The van der Waals surface area contributed by atoms with Crippen molar-refractivity contribution in [3.63, 3.8) is 0 Å². The molecule has 0 atom stereocenters. The maximum Gasteiger partial charge on any atom is 0.416 e. The minimum absolute atomic E-state index is 0.0818. The Morgan fingerprint density at radius 1 is 1.24 bits per heavy atom. The molecule has 0 radical (unpaired) electrons. The van der Waals surface area contributed by atoms with Gasteiger partial charge in [-0.15, -0.1) is 0 Å². The van der Waals surface area contributed by atoms with Crippen molar-refractivity contribution in [3.05, 3.63) is 35.4 Å². The molecule has 1 saturated heterocycles. The van der Waals surface area contributed by atoms with E-state index in [9.17, 15) is 27.9 Å². The molecule has 138 valence electrons. The molecule has 0 spiro atoms. The van der Waals surface area contributed by atoms with E-state index in [1.807, 2.05) is 0 Å². The first-order chi connectivity index (χ1) is 11.7. The topological polar surface area (TPSA) is 66.4 Å². The third kappa shape index (κ3) is 5.39. The Hall–Kier alpha value is -1.70. The number of carbonyl (C=O) groups excluding carboxylic acids is 1. The zero-order chi connectivity index (χ0) is 18.5. The van der Waals surface area contributed by atoms with Gasteiger partial charge in [0.15, 0.2) is 0 Å². The number of hydrogen-bond acceptors (Lipinski definition) is 3. The van der Waals surface area contributed by atoms with Gasteiger partial charge in [0.25, 0.3) is 0 Å². The second-order valence-electron chi connectivity index (χ2n) is 6.10. The standard InChI is InChI=1S/C17H20F3NO3S/c18-17(19,20)13-5-1-3-12(11-13)4-2-6-14(22)21-16(15(23)24)7-9-25-10-8-16/h1,3,5,11H,2,4,6-10H2,(H,21,22)(H,23,24). The monoisotopic (exact) mass is 375 g/mol. The van der Waals surface area contributed by atoms with Gasteiger partial charge in [0, 0.05) is 6.42 Å². The van der Waals surface area contributed by atoms with Crippen LogP contribution in [0.1, 0.15) is 36.8 Å². The number of alkyl halides is 3. The first kappa shape index (κ1) is 19.6. The van der Waals surface area contributed by atoms with Crippen LogP contribution in [0.2, 0.25) is 0 Å². The number of aliphatic carboxylic acids is 1. The number of nitrogens with one attached hydrogen (secondary N) is 1. The van der Waals surface area contributed by atoms with Crippen LogP contribution in [0.5, 0.6) is 0 Å². The van der Waals surface area contributed by atoms with Crippen LogP contribution in [0.4, 0.5) is 13.2 Å². The lowest BCUT2D eigenvalue weighted by Crippen LogP contribution is -2.56. The van der Waals surface area contributed by atoms with Crippen molar-refractivity contribution in [2.24, 2.45) is 0 Å². The maximum atomic E-state index is 12.7. The van der Waals surface area contributed by atoms with Gasteiger partial charge in [0.2, 0.25) is 5.91 Å². The second kappa shape index (κ2) is 8.12. The molecule has 1 aromatic rings. The lowest BCUT2D eigenvalue weighted by molar-refractivity contribution is -0.148.